The molecule has 3 aromatic carbocycles. The molecule has 8 nitrogen and oxygen atoms in total. The Bertz CT molecular complexity index is 1470. The van der Waals surface area contributed by atoms with Gasteiger partial charge in [0.1, 0.15) is 18.3 Å². The number of ether oxygens (including phenoxy) is 1. The summed E-state index contributed by atoms with van der Waals surface area (Å²) < 4.78 is 34.6. The minimum absolute atomic E-state index is 0.0409. The first-order chi connectivity index (χ1) is 20.1. The third-order valence-corrected chi connectivity index (χ3v) is 9.65. The van der Waals surface area contributed by atoms with Crippen molar-refractivity contribution in [3.05, 3.63) is 88.9 Å². The maximum Gasteiger partial charge on any atom is 0.264 e. The van der Waals surface area contributed by atoms with Crippen LogP contribution >= 0.6 is 11.6 Å². The van der Waals surface area contributed by atoms with Gasteiger partial charge in [-0.2, -0.15) is 0 Å². The minimum Gasteiger partial charge on any atom is -0.495 e. The van der Waals surface area contributed by atoms with Crippen LogP contribution in [0.3, 0.4) is 0 Å². The van der Waals surface area contributed by atoms with E-state index in [0.717, 1.165) is 47.5 Å². The Kier molecular flexibility index (Phi) is 10.5. The minimum atomic E-state index is -4.19. The molecule has 0 spiro atoms. The smallest absolute Gasteiger partial charge is 0.264 e. The first-order valence-electron chi connectivity index (χ1n) is 14.2. The molecule has 3 aromatic rings. The maximum absolute atomic E-state index is 14.1. The highest BCUT2D eigenvalue weighted by Crippen LogP contribution is 2.32. The molecule has 4 rings (SSSR count). The highest BCUT2D eigenvalue weighted by molar-refractivity contribution is 7.92. The number of anilines is 1. The summed E-state index contributed by atoms with van der Waals surface area (Å²) >= 11 is 6.09. The van der Waals surface area contributed by atoms with Gasteiger partial charge >= 0.3 is 0 Å². The molecule has 0 unspecified atom stereocenters. The largest absolute Gasteiger partial charge is 0.495 e. The van der Waals surface area contributed by atoms with Gasteiger partial charge in [-0.25, -0.2) is 8.42 Å². The van der Waals surface area contributed by atoms with Crippen molar-refractivity contribution in [3.63, 3.8) is 0 Å². The zero-order valence-electron chi connectivity index (χ0n) is 24.3. The number of nitrogens with one attached hydrogen (secondary N) is 1. The number of benzene rings is 3. The maximum atomic E-state index is 14.1. The predicted molar refractivity (Wildman–Crippen MR) is 165 cm³/mol. The summed E-state index contributed by atoms with van der Waals surface area (Å²) in [6, 6.07) is 19.3. The Morgan fingerprint density at radius 3 is 2.26 bits per heavy atom. The lowest BCUT2D eigenvalue weighted by atomic mass is 9.95. The molecular formula is C32H38ClN3O5S. The molecule has 10 heteroatoms. The zero-order chi connectivity index (χ0) is 30.3. The molecule has 0 saturated heterocycles. The normalized spacial score (nSPS) is 14.6. The Labute approximate surface area is 253 Å². The molecule has 1 fully saturated rings. The van der Waals surface area contributed by atoms with E-state index < -0.39 is 28.5 Å². The monoisotopic (exact) mass is 611 g/mol. The Morgan fingerprint density at radius 1 is 0.976 bits per heavy atom. The van der Waals surface area contributed by atoms with Crippen molar-refractivity contribution in [2.45, 2.75) is 69.5 Å². The molecule has 0 bridgehead atoms. The van der Waals surface area contributed by atoms with Gasteiger partial charge in [-0.3, -0.25) is 13.9 Å². The van der Waals surface area contributed by atoms with Gasteiger partial charge in [0, 0.05) is 17.6 Å². The van der Waals surface area contributed by atoms with Gasteiger partial charge in [-0.15, -0.1) is 0 Å². The molecule has 1 aliphatic carbocycles. The number of para-hydroxylation sites is 2. The van der Waals surface area contributed by atoms with Crippen LogP contribution in [-0.4, -0.2) is 50.9 Å². The topological polar surface area (TPSA) is 96.0 Å². The number of halogens is 1. The summed E-state index contributed by atoms with van der Waals surface area (Å²) in [7, 11) is -2.75. The number of hydrogen-bond acceptors (Lipinski definition) is 5. The number of nitrogens with zero attached hydrogens (tertiary/aromatic N) is 2. The standard InChI is InChI=1S/C32H38ClN3O5S/c1-23-13-19-28(20-14-23)42(39,40)36(29-11-7-8-12-30(29)41-3)22-31(37)35(21-25-15-17-26(33)18-16-25)24(2)32(38)34-27-9-5-4-6-10-27/h7-8,11-20,24,27H,4-6,9-10,21-22H2,1-3H3,(H,34,38)/t24-/m0/s1. The van der Waals surface area contributed by atoms with Crippen molar-refractivity contribution in [1.29, 1.82) is 0 Å². The fourth-order valence-electron chi connectivity index (χ4n) is 5.12. The van der Waals surface area contributed by atoms with Crippen LogP contribution in [0.4, 0.5) is 5.69 Å². The third-order valence-electron chi connectivity index (χ3n) is 7.63. The van der Waals surface area contributed by atoms with E-state index >= 15 is 0 Å². The number of hydrogen-bond donors (Lipinski definition) is 1. The molecule has 1 saturated carbocycles. The Morgan fingerprint density at radius 2 is 1.62 bits per heavy atom. The Balaban J connectivity index is 1.70. The van der Waals surface area contributed by atoms with E-state index in [4.69, 9.17) is 16.3 Å². The van der Waals surface area contributed by atoms with Crippen LogP contribution in [-0.2, 0) is 26.2 Å². The number of carbonyl (C=O) groups excluding carboxylic acids is 2. The van der Waals surface area contributed by atoms with Crippen LogP contribution < -0.4 is 14.4 Å². The average molecular weight is 612 g/mol. The first kappa shape index (κ1) is 31.4. The first-order valence-corrected chi connectivity index (χ1v) is 16.0. The number of methoxy groups -OCH3 is 1. The summed E-state index contributed by atoms with van der Waals surface area (Å²) in [5.41, 5.74) is 1.88. The number of aryl methyl sites for hydroxylation is 1. The molecule has 0 heterocycles. The van der Waals surface area contributed by atoms with Gasteiger partial charge < -0.3 is 15.0 Å². The van der Waals surface area contributed by atoms with Gasteiger partial charge in [0.05, 0.1) is 17.7 Å². The second-order valence-electron chi connectivity index (χ2n) is 10.7. The fraction of sp³-hybridized carbons (Fsp3) is 0.375. The summed E-state index contributed by atoms with van der Waals surface area (Å²) in [5.74, 6) is -0.499. The second kappa shape index (κ2) is 14.1. The van der Waals surface area contributed by atoms with E-state index in [1.807, 2.05) is 6.92 Å². The van der Waals surface area contributed by atoms with E-state index in [1.54, 1.807) is 67.6 Å². The predicted octanol–water partition coefficient (Wildman–Crippen LogP) is 5.72. The van der Waals surface area contributed by atoms with Gasteiger partial charge in [0.2, 0.25) is 11.8 Å². The van der Waals surface area contributed by atoms with Crippen molar-refractivity contribution in [2.24, 2.45) is 0 Å². The molecule has 42 heavy (non-hydrogen) atoms. The molecule has 1 atom stereocenters. The molecule has 0 aliphatic heterocycles. The average Bonchev–Trinajstić information content (AvgIpc) is 2.99. The number of carbonyl (C=O) groups is 2. The molecule has 1 aliphatic rings. The number of amides is 2. The van der Waals surface area contributed by atoms with Crippen LogP contribution in [0.5, 0.6) is 5.75 Å². The molecule has 224 valence electrons. The van der Waals surface area contributed by atoms with E-state index in [0.29, 0.717) is 10.8 Å². The number of rotatable bonds is 11. The number of sulfonamides is 1. The third kappa shape index (κ3) is 7.63. The van der Waals surface area contributed by atoms with Crippen LogP contribution in [0.2, 0.25) is 5.02 Å². The van der Waals surface area contributed by atoms with E-state index in [2.05, 4.69) is 5.32 Å². The van der Waals surface area contributed by atoms with Crippen LogP contribution in [0.1, 0.15) is 50.2 Å². The van der Waals surface area contributed by atoms with Crippen LogP contribution in [0.25, 0.3) is 0 Å². The van der Waals surface area contributed by atoms with Crippen LogP contribution in [0, 0.1) is 6.92 Å². The van der Waals surface area contributed by atoms with Crippen LogP contribution in [0.15, 0.2) is 77.7 Å². The van der Waals surface area contributed by atoms with Gasteiger partial charge in [0.25, 0.3) is 10.0 Å². The van der Waals surface area contributed by atoms with Crippen molar-refractivity contribution in [3.8, 4) is 5.75 Å². The summed E-state index contributed by atoms with van der Waals surface area (Å²) in [6.45, 7) is 3.10. The SMILES string of the molecule is COc1ccccc1N(CC(=O)N(Cc1ccc(Cl)cc1)[C@@H](C)C(=O)NC1CCCCC1)S(=O)(=O)c1ccc(C)cc1. The van der Waals surface area contributed by atoms with Crippen molar-refractivity contribution < 1.29 is 22.7 Å². The van der Waals surface area contributed by atoms with Crippen molar-refractivity contribution >= 4 is 39.1 Å². The van der Waals surface area contributed by atoms with E-state index in [1.165, 1.54) is 24.1 Å². The fourth-order valence-corrected chi connectivity index (χ4v) is 6.68. The van der Waals surface area contributed by atoms with Gasteiger partial charge in [-0.1, -0.05) is 72.8 Å². The molecule has 0 radical (unpaired) electrons. The Hall–Kier alpha value is -3.56. The van der Waals surface area contributed by atoms with Crippen molar-refractivity contribution in [2.75, 3.05) is 18.0 Å². The quantitative estimate of drug-likeness (QED) is 0.299. The molecule has 0 aromatic heterocycles. The van der Waals surface area contributed by atoms with Gasteiger partial charge in [0.15, 0.2) is 0 Å². The molecule has 1 N–H and O–H groups in total. The zero-order valence-corrected chi connectivity index (χ0v) is 25.8. The highest BCUT2D eigenvalue weighted by Gasteiger charge is 2.34. The highest BCUT2D eigenvalue weighted by atomic mass is 35.5. The lowest BCUT2D eigenvalue weighted by Gasteiger charge is -2.33. The summed E-state index contributed by atoms with van der Waals surface area (Å²) in [6.07, 6.45) is 5.06. The molecular weight excluding hydrogens is 574 g/mol. The van der Waals surface area contributed by atoms with E-state index in [-0.39, 0.29) is 29.1 Å². The summed E-state index contributed by atoms with van der Waals surface area (Å²) in [5, 5.41) is 3.66. The lowest BCUT2D eigenvalue weighted by molar-refractivity contribution is -0.139. The van der Waals surface area contributed by atoms with E-state index in [9.17, 15) is 18.0 Å². The van der Waals surface area contributed by atoms with Crippen molar-refractivity contribution in [1.82, 2.24) is 10.2 Å². The lowest BCUT2D eigenvalue weighted by Crippen LogP contribution is -2.53. The summed E-state index contributed by atoms with van der Waals surface area (Å²) in [4.78, 5) is 29.0. The second-order valence-corrected chi connectivity index (χ2v) is 13.0. The molecule has 2 amide bonds. The van der Waals surface area contributed by atoms with Gasteiger partial charge in [-0.05, 0) is 68.7 Å².